The molecule has 7 nitrogen and oxygen atoms in total. The maximum atomic E-state index is 13.4. The van der Waals surface area contributed by atoms with Crippen LogP contribution in [0.15, 0.2) is 36.4 Å². The van der Waals surface area contributed by atoms with Gasteiger partial charge in [-0.3, -0.25) is 9.80 Å². The van der Waals surface area contributed by atoms with Crippen LogP contribution in [-0.2, 0) is 28.4 Å². The van der Waals surface area contributed by atoms with E-state index in [1.807, 2.05) is 0 Å². The lowest BCUT2D eigenvalue weighted by molar-refractivity contribution is -0.274. The Bertz CT molecular complexity index is 1310. The molecule has 2 atom stereocenters. The second-order valence-electron chi connectivity index (χ2n) is 9.87. The minimum absolute atomic E-state index is 0.0488. The number of benzene rings is 2. The number of alkyl halides is 9. The first kappa shape index (κ1) is 31.1. The molecule has 2 aromatic carbocycles. The third-order valence-corrected chi connectivity index (χ3v) is 6.78. The molecule has 2 aliphatic rings. The molecule has 0 aromatic heterocycles. The molecule has 4 rings (SSSR count). The summed E-state index contributed by atoms with van der Waals surface area (Å²) < 4.78 is 133. The predicted molar refractivity (Wildman–Crippen MR) is 126 cm³/mol. The number of cyclic esters (lactones) is 1. The average molecular weight is 614 g/mol. The number of hydrogen-bond donors (Lipinski definition) is 0. The van der Waals surface area contributed by atoms with Crippen molar-refractivity contribution in [2.75, 3.05) is 18.6 Å². The maximum Gasteiger partial charge on any atom is 0.573 e. The van der Waals surface area contributed by atoms with E-state index in [-0.39, 0.29) is 29.8 Å². The zero-order valence-corrected chi connectivity index (χ0v) is 21.9. The van der Waals surface area contributed by atoms with Crippen LogP contribution in [0.25, 0.3) is 0 Å². The van der Waals surface area contributed by atoms with Crippen LogP contribution in [-0.4, -0.2) is 43.1 Å². The van der Waals surface area contributed by atoms with Gasteiger partial charge in [-0.05, 0) is 73.2 Å². The number of anilines is 1. The summed E-state index contributed by atoms with van der Waals surface area (Å²) in [5, 5.41) is 0. The largest absolute Gasteiger partial charge is 0.573 e. The number of amides is 2. The molecule has 0 unspecified atom stereocenters. The Labute approximate surface area is 232 Å². The highest BCUT2D eigenvalue weighted by atomic mass is 19.4. The molecule has 2 aromatic rings. The van der Waals surface area contributed by atoms with Crippen LogP contribution >= 0.6 is 0 Å². The van der Waals surface area contributed by atoms with E-state index in [4.69, 9.17) is 9.47 Å². The number of rotatable bonds is 7. The van der Waals surface area contributed by atoms with Gasteiger partial charge in [0, 0.05) is 6.54 Å². The minimum Gasteiger partial charge on any atom is -0.452 e. The molecule has 1 heterocycles. The van der Waals surface area contributed by atoms with E-state index >= 15 is 0 Å². The van der Waals surface area contributed by atoms with E-state index in [0.29, 0.717) is 12.1 Å². The summed E-state index contributed by atoms with van der Waals surface area (Å²) in [5.74, 6) is -0.603. The smallest absolute Gasteiger partial charge is 0.452 e. The third-order valence-electron chi connectivity index (χ3n) is 6.78. The summed E-state index contributed by atoms with van der Waals surface area (Å²) >= 11 is 0. The van der Waals surface area contributed by atoms with E-state index in [9.17, 15) is 49.1 Å². The second kappa shape index (κ2) is 11.1. The first-order valence-electron chi connectivity index (χ1n) is 12.4. The number of carbonyl (C=O) groups excluding carboxylic acids is 2. The fourth-order valence-corrected chi connectivity index (χ4v) is 4.58. The zero-order valence-electron chi connectivity index (χ0n) is 21.9. The van der Waals surface area contributed by atoms with Crippen LogP contribution < -0.4 is 9.64 Å². The average Bonchev–Trinajstić information content (AvgIpc) is 3.65. The lowest BCUT2D eigenvalue weighted by Crippen LogP contribution is -2.36. The highest BCUT2D eigenvalue weighted by Crippen LogP contribution is 2.42. The van der Waals surface area contributed by atoms with Gasteiger partial charge < -0.3 is 14.2 Å². The molecule has 1 saturated carbocycles. The van der Waals surface area contributed by atoms with Gasteiger partial charge in [0.25, 0.3) is 0 Å². The van der Waals surface area contributed by atoms with Crippen molar-refractivity contribution in [2.45, 2.75) is 57.2 Å². The lowest BCUT2D eigenvalue weighted by atomic mass is 9.97. The summed E-state index contributed by atoms with van der Waals surface area (Å²) in [4.78, 5) is 27.5. The first-order valence-corrected chi connectivity index (χ1v) is 12.4. The zero-order chi connectivity index (χ0) is 31.2. The fourth-order valence-electron chi connectivity index (χ4n) is 4.58. The third kappa shape index (κ3) is 7.13. The Kier molecular flexibility index (Phi) is 8.21. The molecule has 1 aliphatic heterocycles. The van der Waals surface area contributed by atoms with Crippen molar-refractivity contribution in [3.05, 3.63) is 58.7 Å². The highest BCUT2D eigenvalue weighted by Gasteiger charge is 2.44. The Morgan fingerprint density at radius 2 is 1.57 bits per heavy atom. The van der Waals surface area contributed by atoms with Crippen LogP contribution in [0.2, 0.25) is 0 Å². The lowest BCUT2D eigenvalue weighted by Gasteiger charge is -2.27. The van der Waals surface area contributed by atoms with E-state index in [2.05, 4.69) is 4.74 Å². The topological polar surface area (TPSA) is 68.3 Å². The van der Waals surface area contributed by atoms with E-state index in [0.717, 1.165) is 48.0 Å². The Hall–Kier alpha value is -3.85. The van der Waals surface area contributed by atoms with Gasteiger partial charge >= 0.3 is 30.9 Å². The van der Waals surface area contributed by atoms with Crippen molar-refractivity contribution in [2.24, 2.45) is 5.92 Å². The molecule has 42 heavy (non-hydrogen) atoms. The van der Waals surface area contributed by atoms with E-state index < -0.39 is 72.0 Å². The van der Waals surface area contributed by atoms with Crippen LogP contribution in [0.3, 0.4) is 0 Å². The maximum absolute atomic E-state index is 13.4. The van der Waals surface area contributed by atoms with Gasteiger partial charge in [-0.2, -0.15) is 26.3 Å². The molecule has 0 spiro atoms. The van der Waals surface area contributed by atoms with Crippen LogP contribution in [0, 0.1) is 5.92 Å². The van der Waals surface area contributed by atoms with Crippen molar-refractivity contribution < 1.29 is 63.3 Å². The van der Waals surface area contributed by atoms with Gasteiger partial charge in [-0.25, -0.2) is 9.59 Å². The number of hydrogen-bond acceptors (Lipinski definition) is 5. The monoisotopic (exact) mass is 614 g/mol. The number of ether oxygens (including phenoxy) is 3. The van der Waals surface area contributed by atoms with Crippen LogP contribution in [0.1, 0.15) is 48.1 Å². The molecule has 2 amide bonds. The summed E-state index contributed by atoms with van der Waals surface area (Å²) in [7, 11) is 1.10. The van der Waals surface area contributed by atoms with Crippen molar-refractivity contribution in [1.29, 1.82) is 0 Å². The van der Waals surface area contributed by atoms with E-state index in [1.165, 1.54) is 6.92 Å². The van der Waals surface area contributed by atoms with Crippen molar-refractivity contribution in [3.8, 4) is 5.75 Å². The predicted octanol–water partition coefficient (Wildman–Crippen LogP) is 7.69. The van der Waals surface area contributed by atoms with Gasteiger partial charge in [-0.15, -0.1) is 13.2 Å². The molecule has 230 valence electrons. The minimum atomic E-state index is -5.14. The molecule has 0 radical (unpaired) electrons. The summed E-state index contributed by atoms with van der Waals surface area (Å²) in [6.45, 7) is 0.900. The molecule has 2 fully saturated rings. The number of methoxy groups -OCH3 is 1. The van der Waals surface area contributed by atoms with Crippen molar-refractivity contribution in [3.63, 3.8) is 0 Å². The van der Waals surface area contributed by atoms with Gasteiger partial charge in [0.05, 0.1) is 36.5 Å². The molecule has 1 saturated heterocycles. The van der Waals surface area contributed by atoms with Gasteiger partial charge in [0.1, 0.15) is 11.9 Å². The Morgan fingerprint density at radius 1 is 0.976 bits per heavy atom. The molecular formula is C26H23F9N2O5. The quantitative estimate of drug-likeness (QED) is 0.299. The molecule has 0 N–H and O–H groups in total. The Morgan fingerprint density at radius 3 is 2.07 bits per heavy atom. The second-order valence-corrected chi connectivity index (χ2v) is 9.87. The normalized spacial score (nSPS) is 19.5. The summed E-state index contributed by atoms with van der Waals surface area (Å²) in [5.41, 5.74) is -3.79. The van der Waals surface area contributed by atoms with Gasteiger partial charge in [-0.1, -0.05) is 0 Å². The van der Waals surface area contributed by atoms with Crippen LogP contribution in [0.5, 0.6) is 5.75 Å². The molecule has 16 heteroatoms. The highest BCUT2D eigenvalue weighted by molar-refractivity contribution is 5.89. The first-order chi connectivity index (χ1) is 19.4. The standard InChI is InChI=1S/C26H23F9N2O5/c1-13-21(15-7-17(24(27,28)29)10-18(8-15)25(30,31)32)41-23(39)36(13)12-16-9-19(42-26(33,34)35)5-6-20(16)37(22(38)40-2)11-14-3-4-14/h5-10,13-14,21H,3-4,11-12H2,1-2H3/t13-,21-/m0/s1. The molecule has 0 bridgehead atoms. The van der Waals surface area contributed by atoms with Crippen LogP contribution in [0.4, 0.5) is 54.8 Å². The van der Waals surface area contributed by atoms with Crippen molar-refractivity contribution in [1.82, 2.24) is 4.90 Å². The van der Waals surface area contributed by atoms with Crippen molar-refractivity contribution >= 4 is 17.9 Å². The van der Waals surface area contributed by atoms with E-state index in [1.54, 1.807) is 0 Å². The number of carbonyl (C=O) groups is 2. The van der Waals surface area contributed by atoms with Gasteiger partial charge in [0.2, 0.25) is 0 Å². The fraction of sp³-hybridized carbons (Fsp3) is 0.462. The molecular weight excluding hydrogens is 591 g/mol. The summed E-state index contributed by atoms with van der Waals surface area (Å²) in [6.07, 6.45) is -17.4. The summed E-state index contributed by atoms with van der Waals surface area (Å²) in [6, 6.07) is 2.65. The number of nitrogens with zero attached hydrogens (tertiary/aromatic N) is 2. The molecule has 1 aliphatic carbocycles. The Balaban J connectivity index is 1.72. The number of halogens is 9. The van der Waals surface area contributed by atoms with Gasteiger partial charge in [0.15, 0.2) is 0 Å². The SMILES string of the molecule is COC(=O)N(CC1CC1)c1ccc(OC(F)(F)F)cc1CN1C(=O)O[C@H](c2cc(C(F)(F)F)cc(C(F)(F)F)c2)[C@@H]1C.